The van der Waals surface area contributed by atoms with Crippen LogP contribution in [0.1, 0.15) is 26.3 Å². The normalized spacial score (nSPS) is 12.7. The highest BCUT2D eigenvalue weighted by molar-refractivity contribution is 8.00. The fourth-order valence-electron chi connectivity index (χ4n) is 1.35. The van der Waals surface area contributed by atoms with E-state index in [9.17, 15) is 18.4 Å². The predicted octanol–water partition coefficient (Wildman–Crippen LogP) is 4.29. The third-order valence-corrected chi connectivity index (χ3v) is 3.04. The van der Waals surface area contributed by atoms with Gasteiger partial charge >= 0.3 is 5.51 Å². The molecule has 0 atom stereocenters. The van der Waals surface area contributed by atoms with Crippen molar-refractivity contribution in [2.24, 2.45) is 0 Å². The molecule has 0 amide bonds. The SMILES string of the molecule is CC(C)(C)c1ccc(N([O-])O)c(SC(F)(F)F)c1. The molecule has 0 aliphatic heterocycles. The summed E-state index contributed by atoms with van der Waals surface area (Å²) in [6, 6.07) is 3.98. The Kier molecular flexibility index (Phi) is 4.19. The summed E-state index contributed by atoms with van der Waals surface area (Å²) in [7, 11) is 0. The number of hydrogen-bond acceptors (Lipinski definition) is 4. The molecule has 1 aromatic rings. The van der Waals surface area contributed by atoms with Gasteiger partial charge in [-0.15, -0.1) is 0 Å². The van der Waals surface area contributed by atoms with Gasteiger partial charge in [0, 0.05) is 4.90 Å². The van der Waals surface area contributed by atoms with E-state index in [1.807, 2.05) is 20.8 Å². The number of nitrogens with zero attached hydrogens (tertiary/aromatic N) is 1. The van der Waals surface area contributed by atoms with Gasteiger partial charge in [0.1, 0.15) is 0 Å². The molecule has 0 aliphatic rings. The Bertz CT molecular complexity index is 427. The zero-order valence-electron chi connectivity index (χ0n) is 10.1. The minimum Gasteiger partial charge on any atom is -0.733 e. The molecular formula is C11H13F3NO2S-. The molecule has 0 unspecified atom stereocenters. The van der Waals surface area contributed by atoms with Gasteiger partial charge < -0.3 is 10.4 Å². The van der Waals surface area contributed by atoms with E-state index in [1.165, 1.54) is 18.2 Å². The maximum Gasteiger partial charge on any atom is 0.446 e. The van der Waals surface area contributed by atoms with E-state index in [1.54, 1.807) is 0 Å². The standard InChI is InChI=1S/C11H13F3NO2S/c1-10(2,3)7-4-5-8(15(16)17)9(6-7)18-11(12,13)14/h4-6,16H,1-3H3/q-1. The van der Waals surface area contributed by atoms with Crippen LogP contribution in [0.4, 0.5) is 18.9 Å². The average molecular weight is 280 g/mol. The number of benzene rings is 1. The summed E-state index contributed by atoms with van der Waals surface area (Å²) in [6.07, 6.45) is 0. The fraction of sp³-hybridized carbons (Fsp3) is 0.455. The minimum absolute atomic E-state index is 0.313. The van der Waals surface area contributed by atoms with Crippen LogP contribution in [0.25, 0.3) is 0 Å². The Labute approximate surface area is 107 Å². The van der Waals surface area contributed by atoms with Crippen LogP contribution in [0.3, 0.4) is 0 Å². The lowest BCUT2D eigenvalue weighted by atomic mass is 9.87. The van der Waals surface area contributed by atoms with E-state index in [0.717, 1.165) is 0 Å². The molecule has 1 N–H and O–H groups in total. The van der Waals surface area contributed by atoms with Crippen molar-refractivity contribution >= 4 is 17.4 Å². The topological polar surface area (TPSA) is 46.5 Å². The maximum absolute atomic E-state index is 12.4. The summed E-state index contributed by atoms with van der Waals surface area (Å²) < 4.78 is 37.1. The van der Waals surface area contributed by atoms with Gasteiger partial charge in [-0.25, -0.2) is 0 Å². The number of thioether (sulfide) groups is 1. The number of alkyl halides is 3. The summed E-state index contributed by atoms with van der Waals surface area (Å²) in [5, 5.41) is 19.0. The van der Waals surface area contributed by atoms with E-state index in [0.29, 0.717) is 5.56 Å². The van der Waals surface area contributed by atoms with Crippen LogP contribution < -0.4 is 5.23 Å². The first-order valence-electron chi connectivity index (χ1n) is 5.07. The summed E-state index contributed by atoms with van der Waals surface area (Å²) in [5.74, 6) is 0. The molecule has 0 spiro atoms. The molecule has 0 saturated carbocycles. The van der Waals surface area contributed by atoms with Crippen molar-refractivity contribution in [2.75, 3.05) is 5.23 Å². The lowest BCUT2D eigenvalue weighted by Gasteiger charge is -2.27. The van der Waals surface area contributed by atoms with Crippen LogP contribution >= 0.6 is 11.8 Å². The maximum atomic E-state index is 12.4. The Hall–Kier alpha value is -0.920. The Balaban J connectivity index is 3.25. The zero-order chi connectivity index (χ0) is 14.1. The Morgan fingerprint density at radius 3 is 2.17 bits per heavy atom. The van der Waals surface area contributed by atoms with Crippen molar-refractivity contribution in [1.29, 1.82) is 0 Å². The third-order valence-electron chi connectivity index (χ3n) is 2.26. The van der Waals surface area contributed by atoms with E-state index in [-0.39, 0.29) is 10.3 Å². The first-order valence-corrected chi connectivity index (χ1v) is 5.89. The van der Waals surface area contributed by atoms with Crippen molar-refractivity contribution in [2.45, 2.75) is 36.6 Å². The third kappa shape index (κ3) is 4.08. The van der Waals surface area contributed by atoms with Crippen LogP contribution in [0.2, 0.25) is 0 Å². The molecule has 0 aromatic heterocycles. The minimum atomic E-state index is -4.51. The van der Waals surface area contributed by atoms with Crippen molar-refractivity contribution in [3.8, 4) is 0 Å². The summed E-state index contributed by atoms with van der Waals surface area (Å²) in [5.41, 5.74) is -4.62. The zero-order valence-corrected chi connectivity index (χ0v) is 10.9. The number of rotatable bonds is 2. The smallest absolute Gasteiger partial charge is 0.446 e. The van der Waals surface area contributed by atoms with Gasteiger partial charge in [-0.1, -0.05) is 26.8 Å². The molecule has 7 heteroatoms. The van der Waals surface area contributed by atoms with Crippen molar-refractivity contribution in [3.05, 3.63) is 29.0 Å². The highest BCUT2D eigenvalue weighted by atomic mass is 32.2. The van der Waals surface area contributed by atoms with Crippen LogP contribution in [-0.4, -0.2) is 10.7 Å². The van der Waals surface area contributed by atoms with E-state index in [4.69, 9.17) is 5.21 Å². The van der Waals surface area contributed by atoms with Crippen LogP contribution in [0.5, 0.6) is 0 Å². The van der Waals surface area contributed by atoms with Crippen molar-refractivity contribution < 1.29 is 18.4 Å². The first-order chi connectivity index (χ1) is 8.00. The second-order valence-electron chi connectivity index (χ2n) is 4.75. The second-order valence-corrected chi connectivity index (χ2v) is 5.86. The van der Waals surface area contributed by atoms with Gasteiger partial charge in [0.15, 0.2) is 0 Å². The highest BCUT2D eigenvalue weighted by Crippen LogP contribution is 2.42. The van der Waals surface area contributed by atoms with Gasteiger partial charge in [0.05, 0.1) is 5.69 Å². The Morgan fingerprint density at radius 1 is 1.22 bits per heavy atom. The molecule has 102 valence electrons. The molecule has 1 rings (SSSR count). The molecule has 1 aromatic carbocycles. The molecule has 0 heterocycles. The lowest BCUT2D eigenvalue weighted by molar-refractivity contribution is -0.0328. The van der Waals surface area contributed by atoms with Crippen molar-refractivity contribution in [3.63, 3.8) is 0 Å². The molecule has 0 fully saturated rings. The van der Waals surface area contributed by atoms with Gasteiger partial charge in [0.2, 0.25) is 0 Å². The quantitative estimate of drug-likeness (QED) is 0.648. The average Bonchev–Trinajstić information content (AvgIpc) is 2.12. The molecule has 3 nitrogen and oxygen atoms in total. The molecule has 0 bridgehead atoms. The van der Waals surface area contributed by atoms with E-state index >= 15 is 0 Å². The molecule has 0 aliphatic carbocycles. The van der Waals surface area contributed by atoms with Crippen LogP contribution in [0, 0.1) is 5.21 Å². The lowest BCUT2D eigenvalue weighted by Crippen LogP contribution is -2.14. The fourth-order valence-corrected chi connectivity index (χ4v) is 2.03. The largest absolute Gasteiger partial charge is 0.733 e. The summed E-state index contributed by atoms with van der Waals surface area (Å²) in [4.78, 5) is -0.313. The molecule has 18 heavy (non-hydrogen) atoms. The predicted molar refractivity (Wildman–Crippen MR) is 64.7 cm³/mol. The van der Waals surface area contributed by atoms with Gasteiger partial charge in [-0.2, -0.15) is 13.2 Å². The number of halogens is 3. The van der Waals surface area contributed by atoms with Crippen LogP contribution in [0.15, 0.2) is 23.1 Å². The van der Waals surface area contributed by atoms with Gasteiger partial charge in [0.25, 0.3) is 0 Å². The van der Waals surface area contributed by atoms with Gasteiger partial charge in [-0.3, -0.25) is 5.21 Å². The molecule has 0 radical (unpaired) electrons. The molecule has 0 saturated heterocycles. The summed E-state index contributed by atoms with van der Waals surface area (Å²) >= 11 is -0.416. The van der Waals surface area contributed by atoms with Gasteiger partial charge in [-0.05, 0) is 34.9 Å². The monoisotopic (exact) mass is 280 g/mol. The Morgan fingerprint density at radius 2 is 1.78 bits per heavy atom. The van der Waals surface area contributed by atoms with E-state index < -0.39 is 28.2 Å². The van der Waals surface area contributed by atoms with E-state index in [2.05, 4.69) is 0 Å². The van der Waals surface area contributed by atoms with Crippen molar-refractivity contribution in [1.82, 2.24) is 0 Å². The number of hydrogen-bond donors (Lipinski definition) is 1. The summed E-state index contributed by atoms with van der Waals surface area (Å²) in [6.45, 7) is 5.54. The van der Waals surface area contributed by atoms with Crippen LogP contribution in [-0.2, 0) is 5.41 Å². The first kappa shape index (κ1) is 15.1. The number of anilines is 1. The highest BCUT2D eigenvalue weighted by Gasteiger charge is 2.31. The second kappa shape index (κ2) is 4.99. The molecular weight excluding hydrogens is 267 g/mol.